The van der Waals surface area contributed by atoms with Crippen molar-refractivity contribution in [2.75, 3.05) is 12.8 Å². The standard InChI is InChI=1S/C14H29NS/c1-4-13-6-5-7-14(9-8-13)15-11-10-12(2)16-3/h12-15H,4-11H2,1-3H3. The molecule has 1 rings (SSSR count). The van der Waals surface area contributed by atoms with Gasteiger partial charge in [0.25, 0.3) is 0 Å². The molecule has 3 unspecified atom stereocenters. The number of thioether (sulfide) groups is 1. The van der Waals surface area contributed by atoms with Crippen LogP contribution in [-0.2, 0) is 0 Å². The van der Waals surface area contributed by atoms with E-state index in [0.29, 0.717) is 0 Å². The van der Waals surface area contributed by atoms with E-state index in [9.17, 15) is 0 Å². The molecule has 1 N–H and O–H groups in total. The summed E-state index contributed by atoms with van der Waals surface area (Å²) < 4.78 is 0. The van der Waals surface area contributed by atoms with Crippen LogP contribution in [-0.4, -0.2) is 24.1 Å². The second-order valence-corrected chi connectivity index (χ2v) is 6.54. The zero-order valence-electron chi connectivity index (χ0n) is 11.3. The lowest BCUT2D eigenvalue weighted by Crippen LogP contribution is -2.30. The zero-order valence-corrected chi connectivity index (χ0v) is 12.1. The van der Waals surface area contributed by atoms with E-state index in [4.69, 9.17) is 0 Å². The van der Waals surface area contributed by atoms with E-state index in [0.717, 1.165) is 17.2 Å². The van der Waals surface area contributed by atoms with Crippen molar-refractivity contribution in [3.63, 3.8) is 0 Å². The van der Waals surface area contributed by atoms with E-state index < -0.39 is 0 Å². The van der Waals surface area contributed by atoms with Gasteiger partial charge in [0, 0.05) is 11.3 Å². The lowest BCUT2D eigenvalue weighted by Gasteiger charge is -2.17. The molecular formula is C14H29NS. The molecule has 1 aliphatic carbocycles. The molecule has 0 aromatic carbocycles. The molecule has 0 aliphatic heterocycles. The Morgan fingerprint density at radius 2 is 2.06 bits per heavy atom. The van der Waals surface area contributed by atoms with Crippen LogP contribution >= 0.6 is 11.8 Å². The Morgan fingerprint density at radius 3 is 2.75 bits per heavy atom. The predicted octanol–water partition coefficient (Wildman–Crippen LogP) is 4.08. The van der Waals surface area contributed by atoms with Crippen molar-refractivity contribution in [1.82, 2.24) is 5.32 Å². The Hall–Kier alpha value is 0.310. The lowest BCUT2D eigenvalue weighted by atomic mass is 9.98. The highest BCUT2D eigenvalue weighted by molar-refractivity contribution is 7.99. The summed E-state index contributed by atoms with van der Waals surface area (Å²) in [6.45, 7) is 5.88. The van der Waals surface area contributed by atoms with Crippen LogP contribution in [0.5, 0.6) is 0 Å². The monoisotopic (exact) mass is 243 g/mol. The van der Waals surface area contributed by atoms with Gasteiger partial charge in [0.1, 0.15) is 0 Å². The molecule has 1 aliphatic rings. The summed E-state index contributed by atoms with van der Waals surface area (Å²) in [5.41, 5.74) is 0. The minimum atomic E-state index is 0.807. The molecule has 1 fully saturated rings. The minimum Gasteiger partial charge on any atom is -0.314 e. The first-order valence-corrected chi connectivity index (χ1v) is 8.31. The molecule has 16 heavy (non-hydrogen) atoms. The Bertz CT molecular complexity index is 172. The molecule has 0 aromatic rings. The number of hydrogen-bond donors (Lipinski definition) is 1. The van der Waals surface area contributed by atoms with Crippen LogP contribution in [0.1, 0.15) is 58.8 Å². The smallest absolute Gasteiger partial charge is 0.00671 e. The van der Waals surface area contributed by atoms with Gasteiger partial charge in [-0.15, -0.1) is 0 Å². The molecule has 0 bridgehead atoms. The highest BCUT2D eigenvalue weighted by atomic mass is 32.2. The third-order valence-electron chi connectivity index (χ3n) is 4.05. The summed E-state index contributed by atoms with van der Waals surface area (Å²) in [6.07, 6.45) is 12.1. The lowest BCUT2D eigenvalue weighted by molar-refractivity contribution is 0.424. The predicted molar refractivity (Wildman–Crippen MR) is 76.3 cm³/mol. The van der Waals surface area contributed by atoms with Crippen molar-refractivity contribution < 1.29 is 0 Å². The fraction of sp³-hybridized carbons (Fsp3) is 1.00. The number of rotatable bonds is 6. The largest absolute Gasteiger partial charge is 0.314 e. The third kappa shape index (κ3) is 5.58. The summed E-state index contributed by atoms with van der Waals surface area (Å²) in [5, 5.41) is 4.57. The quantitative estimate of drug-likeness (QED) is 0.706. The average Bonchev–Trinajstić information content (AvgIpc) is 2.54. The van der Waals surface area contributed by atoms with Gasteiger partial charge in [-0.1, -0.05) is 33.1 Å². The maximum Gasteiger partial charge on any atom is 0.00671 e. The van der Waals surface area contributed by atoms with Crippen molar-refractivity contribution in [1.29, 1.82) is 0 Å². The van der Waals surface area contributed by atoms with Crippen molar-refractivity contribution in [2.45, 2.75) is 70.1 Å². The normalized spacial score (nSPS) is 28.7. The van der Waals surface area contributed by atoms with Gasteiger partial charge < -0.3 is 5.32 Å². The summed E-state index contributed by atoms with van der Waals surface area (Å²) >= 11 is 1.98. The van der Waals surface area contributed by atoms with E-state index in [1.54, 1.807) is 0 Å². The van der Waals surface area contributed by atoms with Crippen molar-refractivity contribution in [3.8, 4) is 0 Å². The second kappa shape index (κ2) is 8.41. The zero-order chi connectivity index (χ0) is 11.8. The highest BCUT2D eigenvalue weighted by Crippen LogP contribution is 2.25. The minimum absolute atomic E-state index is 0.807. The van der Waals surface area contributed by atoms with Crippen molar-refractivity contribution in [2.24, 2.45) is 5.92 Å². The molecule has 0 aromatic heterocycles. The number of nitrogens with one attached hydrogen (secondary N) is 1. The molecule has 0 amide bonds. The van der Waals surface area contributed by atoms with E-state index in [-0.39, 0.29) is 0 Å². The summed E-state index contributed by atoms with van der Waals surface area (Å²) in [6, 6.07) is 0.811. The first-order valence-electron chi connectivity index (χ1n) is 7.02. The Morgan fingerprint density at radius 1 is 1.25 bits per heavy atom. The van der Waals surface area contributed by atoms with Crippen LogP contribution < -0.4 is 5.32 Å². The maximum atomic E-state index is 3.76. The molecule has 3 atom stereocenters. The Labute approximate surface area is 106 Å². The second-order valence-electron chi connectivity index (χ2n) is 5.27. The van der Waals surface area contributed by atoms with Gasteiger partial charge in [-0.2, -0.15) is 11.8 Å². The van der Waals surface area contributed by atoms with Gasteiger partial charge in [-0.25, -0.2) is 0 Å². The average molecular weight is 243 g/mol. The molecule has 1 saturated carbocycles. The first kappa shape index (κ1) is 14.4. The van der Waals surface area contributed by atoms with Crippen LogP contribution in [0.25, 0.3) is 0 Å². The van der Waals surface area contributed by atoms with Crippen molar-refractivity contribution in [3.05, 3.63) is 0 Å². The van der Waals surface area contributed by atoms with Gasteiger partial charge >= 0.3 is 0 Å². The molecule has 1 nitrogen and oxygen atoms in total. The third-order valence-corrected chi connectivity index (χ3v) is 5.09. The van der Waals surface area contributed by atoms with Crippen LogP contribution in [0.4, 0.5) is 0 Å². The molecular weight excluding hydrogens is 214 g/mol. The van der Waals surface area contributed by atoms with Crippen LogP contribution in [0.15, 0.2) is 0 Å². The van der Waals surface area contributed by atoms with Gasteiger partial charge in [0.05, 0.1) is 0 Å². The SMILES string of the molecule is CCC1CCCC(NCCC(C)SC)CC1. The summed E-state index contributed by atoms with van der Waals surface area (Å²) in [7, 11) is 0. The molecule has 0 spiro atoms. The molecule has 0 radical (unpaired) electrons. The van der Waals surface area contributed by atoms with E-state index >= 15 is 0 Å². The van der Waals surface area contributed by atoms with Crippen molar-refractivity contribution >= 4 is 11.8 Å². The fourth-order valence-corrected chi connectivity index (χ4v) is 2.95. The van der Waals surface area contributed by atoms with Crippen LogP contribution in [0.3, 0.4) is 0 Å². The topological polar surface area (TPSA) is 12.0 Å². The maximum absolute atomic E-state index is 3.76. The van der Waals surface area contributed by atoms with Crippen LogP contribution in [0, 0.1) is 5.92 Å². The van der Waals surface area contributed by atoms with E-state index in [1.807, 2.05) is 11.8 Å². The number of hydrogen-bond acceptors (Lipinski definition) is 2. The highest BCUT2D eigenvalue weighted by Gasteiger charge is 2.17. The van der Waals surface area contributed by atoms with Gasteiger partial charge in [-0.05, 0) is 44.4 Å². The first-order chi connectivity index (χ1) is 7.76. The molecule has 0 saturated heterocycles. The van der Waals surface area contributed by atoms with Gasteiger partial charge in [0.15, 0.2) is 0 Å². The van der Waals surface area contributed by atoms with Gasteiger partial charge in [-0.3, -0.25) is 0 Å². The van der Waals surface area contributed by atoms with E-state index in [2.05, 4.69) is 25.4 Å². The van der Waals surface area contributed by atoms with E-state index in [1.165, 1.54) is 51.5 Å². The fourth-order valence-electron chi connectivity index (χ4n) is 2.60. The van der Waals surface area contributed by atoms with Crippen LogP contribution in [0.2, 0.25) is 0 Å². The molecule has 0 heterocycles. The summed E-state index contributed by atoms with van der Waals surface area (Å²) in [4.78, 5) is 0. The Balaban J connectivity index is 2.12. The van der Waals surface area contributed by atoms with Gasteiger partial charge in [0.2, 0.25) is 0 Å². The molecule has 96 valence electrons. The molecule has 2 heteroatoms. The Kier molecular flexibility index (Phi) is 7.55. The summed E-state index contributed by atoms with van der Waals surface area (Å²) in [5.74, 6) is 1.01.